The summed E-state index contributed by atoms with van der Waals surface area (Å²) in [6.07, 6.45) is 2.75. The lowest BCUT2D eigenvalue weighted by Gasteiger charge is -2.18. The van der Waals surface area contributed by atoms with Crippen molar-refractivity contribution in [2.75, 3.05) is 14.1 Å². The summed E-state index contributed by atoms with van der Waals surface area (Å²) in [4.78, 5) is 12.5. The molecule has 0 aliphatic rings. The first-order valence-electron chi connectivity index (χ1n) is 4.49. The Morgan fingerprint density at radius 3 is 2.33 bits per heavy atom. The lowest BCUT2D eigenvalue weighted by molar-refractivity contribution is 0.0681. The van der Waals surface area contributed by atoms with Gasteiger partial charge in [0.1, 0.15) is 6.10 Å². The molecule has 0 aromatic heterocycles. The van der Waals surface area contributed by atoms with Gasteiger partial charge in [0.25, 0.3) is 0 Å². The third kappa shape index (κ3) is 4.21. The molecular weight excluding hydrogens is 154 g/mol. The van der Waals surface area contributed by atoms with Crippen LogP contribution in [0.2, 0.25) is 0 Å². The van der Waals surface area contributed by atoms with Crippen molar-refractivity contribution in [2.45, 2.75) is 39.2 Å². The van der Waals surface area contributed by atoms with Gasteiger partial charge in [-0.05, 0) is 12.8 Å². The smallest absolute Gasteiger partial charge is 0.409 e. The number of hydrogen-bond donors (Lipinski definition) is 0. The van der Waals surface area contributed by atoms with Crippen LogP contribution in [0.15, 0.2) is 0 Å². The minimum atomic E-state index is -0.240. The van der Waals surface area contributed by atoms with Gasteiger partial charge in [-0.3, -0.25) is 0 Å². The second-order valence-electron chi connectivity index (χ2n) is 3.10. The van der Waals surface area contributed by atoms with E-state index in [1.54, 1.807) is 14.1 Å². The lowest BCUT2D eigenvalue weighted by Crippen LogP contribution is -2.27. The van der Waals surface area contributed by atoms with E-state index in [0.717, 1.165) is 19.3 Å². The summed E-state index contributed by atoms with van der Waals surface area (Å²) in [5.74, 6) is 0. The molecule has 3 nitrogen and oxygen atoms in total. The Hall–Kier alpha value is -0.730. The highest BCUT2D eigenvalue weighted by molar-refractivity contribution is 5.66. The van der Waals surface area contributed by atoms with Gasteiger partial charge in [0.15, 0.2) is 0 Å². The van der Waals surface area contributed by atoms with E-state index in [2.05, 4.69) is 6.92 Å². The quantitative estimate of drug-likeness (QED) is 0.652. The van der Waals surface area contributed by atoms with Gasteiger partial charge in [-0.2, -0.15) is 0 Å². The van der Waals surface area contributed by atoms with E-state index in [4.69, 9.17) is 4.74 Å². The number of nitrogens with zero attached hydrogens (tertiary/aromatic N) is 1. The van der Waals surface area contributed by atoms with E-state index >= 15 is 0 Å². The van der Waals surface area contributed by atoms with Crippen molar-refractivity contribution in [1.29, 1.82) is 0 Å². The Labute approximate surface area is 74.7 Å². The van der Waals surface area contributed by atoms with Crippen LogP contribution in [0.1, 0.15) is 33.1 Å². The van der Waals surface area contributed by atoms with Crippen molar-refractivity contribution >= 4 is 6.09 Å². The molecule has 12 heavy (non-hydrogen) atoms. The molecule has 0 spiro atoms. The molecule has 0 aliphatic carbocycles. The predicted octanol–water partition coefficient (Wildman–Crippen LogP) is 2.26. The van der Waals surface area contributed by atoms with Crippen LogP contribution in [0.4, 0.5) is 4.79 Å². The summed E-state index contributed by atoms with van der Waals surface area (Å²) >= 11 is 0. The van der Waals surface area contributed by atoms with Gasteiger partial charge < -0.3 is 9.64 Å². The van der Waals surface area contributed by atoms with Crippen LogP contribution in [0.25, 0.3) is 0 Å². The maximum Gasteiger partial charge on any atom is 0.409 e. The molecule has 0 N–H and O–H groups in total. The number of amides is 1. The van der Waals surface area contributed by atoms with Crippen LogP contribution in [0.5, 0.6) is 0 Å². The molecule has 0 fully saturated rings. The zero-order valence-corrected chi connectivity index (χ0v) is 8.46. The molecule has 0 aromatic rings. The molecule has 1 atom stereocenters. The van der Waals surface area contributed by atoms with Gasteiger partial charge in [-0.25, -0.2) is 4.79 Å². The monoisotopic (exact) mass is 173 g/mol. The van der Waals surface area contributed by atoms with Crippen LogP contribution in [-0.2, 0) is 4.74 Å². The SMILES string of the molecule is CCCC(CC)OC(=O)N(C)C. The van der Waals surface area contributed by atoms with E-state index in [1.165, 1.54) is 4.90 Å². The predicted molar refractivity (Wildman–Crippen MR) is 49.2 cm³/mol. The molecule has 0 saturated carbocycles. The number of ether oxygens (including phenoxy) is 1. The number of rotatable bonds is 4. The Morgan fingerprint density at radius 2 is 2.00 bits per heavy atom. The van der Waals surface area contributed by atoms with Crippen molar-refractivity contribution in [3.05, 3.63) is 0 Å². The molecule has 3 heteroatoms. The van der Waals surface area contributed by atoms with Gasteiger partial charge in [-0.1, -0.05) is 20.3 Å². The van der Waals surface area contributed by atoms with Crippen molar-refractivity contribution in [1.82, 2.24) is 4.90 Å². The van der Waals surface area contributed by atoms with E-state index in [0.29, 0.717) is 0 Å². The van der Waals surface area contributed by atoms with Crippen molar-refractivity contribution < 1.29 is 9.53 Å². The highest BCUT2D eigenvalue weighted by Crippen LogP contribution is 2.07. The van der Waals surface area contributed by atoms with Crippen LogP contribution in [-0.4, -0.2) is 31.2 Å². The summed E-state index contributed by atoms with van der Waals surface area (Å²) in [6.45, 7) is 4.12. The van der Waals surface area contributed by atoms with Gasteiger partial charge in [0, 0.05) is 14.1 Å². The topological polar surface area (TPSA) is 29.5 Å². The molecule has 0 rings (SSSR count). The van der Waals surface area contributed by atoms with E-state index in [9.17, 15) is 4.79 Å². The maximum atomic E-state index is 11.1. The molecule has 1 unspecified atom stereocenters. The zero-order valence-electron chi connectivity index (χ0n) is 8.46. The molecule has 0 aliphatic heterocycles. The number of carbonyl (C=O) groups excluding carboxylic acids is 1. The average molecular weight is 173 g/mol. The van der Waals surface area contributed by atoms with Crippen LogP contribution in [0.3, 0.4) is 0 Å². The van der Waals surface area contributed by atoms with Crippen LogP contribution < -0.4 is 0 Å². The molecule has 0 saturated heterocycles. The second-order valence-corrected chi connectivity index (χ2v) is 3.10. The van der Waals surface area contributed by atoms with Gasteiger partial charge in [0.2, 0.25) is 0 Å². The normalized spacial score (nSPS) is 12.3. The van der Waals surface area contributed by atoms with Crippen molar-refractivity contribution in [2.24, 2.45) is 0 Å². The summed E-state index contributed by atoms with van der Waals surface area (Å²) in [5.41, 5.74) is 0. The Kier molecular flexibility index (Phi) is 5.51. The summed E-state index contributed by atoms with van der Waals surface area (Å²) in [5, 5.41) is 0. The fourth-order valence-corrected chi connectivity index (χ4v) is 0.916. The molecule has 0 radical (unpaired) electrons. The molecule has 72 valence electrons. The van der Waals surface area contributed by atoms with Gasteiger partial charge in [0.05, 0.1) is 0 Å². The zero-order chi connectivity index (χ0) is 9.56. The van der Waals surface area contributed by atoms with Crippen molar-refractivity contribution in [3.8, 4) is 0 Å². The summed E-state index contributed by atoms with van der Waals surface area (Å²) in [7, 11) is 3.39. The van der Waals surface area contributed by atoms with Gasteiger partial charge in [-0.15, -0.1) is 0 Å². The molecular formula is C9H19NO2. The first kappa shape index (κ1) is 11.3. The Bertz CT molecular complexity index is 134. The molecule has 0 bridgehead atoms. The minimum absolute atomic E-state index is 0.0879. The third-order valence-corrected chi connectivity index (χ3v) is 1.70. The molecule has 1 amide bonds. The fourth-order valence-electron chi connectivity index (χ4n) is 0.916. The van der Waals surface area contributed by atoms with E-state index in [-0.39, 0.29) is 12.2 Å². The van der Waals surface area contributed by atoms with Crippen LogP contribution >= 0.6 is 0 Å². The molecule has 0 aromatic carbocycles. The largest absolute Gasteiger partial charge is 0.446 e. The maximum absolute atomic E-state index is 11.1. The third-order valence-electron chi connectivity index (χ3n) is 1.70. The Balaban J connectivity index is 3.77. The van der Waals surface area contributed by atoms with Gasteiger partial charge >= 0.3 is 6.09 Å². The van der Waals surface area contributed by atoms with Crippen molar-refractivity contribution in [3.63, 3.8) is 0 Å². The van der Waals surface area contributed by atoms with E-state index in [1.807, 2.05) is 6.92 Å². The number of hydrogen-bond acceptors (Lipinski definition) is 2. The van der Waals surface area contributed by atoms with E-state index < -0.39 is 0 Å². The average Bonchev–Trinajstić information content (AvgIpc) is 2.03. The highest BCUT2D eigenvalue weighted by Gasteiger charge is 2.12. The fraction of sp³-hybridized carbons (Fsp3) is 0.889. The minimum Gasteiger partial charge on any atom is -0.446 e. The lowest BCUT2D eigenvalue weighted by atomic mass is 10.2. The second kappa shape index (κ2) is 5.86. The first-order chi connectivity index (χ1) is 5.61. The highest BCUT2D eigenvalue weighted by atomic mass is 16.6. The standard InChI is InChI=1S/C9H19NO2/c1-5-7-8(6-2)12-9(11)10(3)4/h8H,5-7H2,1-4H3. The molecule has 0 heterocycles. The first-order valence-corrected chi connectivity index (χ1v) is 4.49. The Morgan fingerprint density at radius 1 is 1.42 bits per heavy atom. The van der Waals surface area contributed by atoms with Crippen LogP contribution in [0, 0.1) is 0 Å². The summed E-state index contributed by atoms with van der Waals surface area (Å²) < 4.78 is 5.19. The number of carbonyl (C=O) groups is 1. The summed E-state index contributed by atoms with van der Waals surface area (Å²) in [6, 6.07) is 0.